The van der Waals surface area contributed by atoms with Crippen LogP contribution in [0, 0.1) is 0 Å². The van der Waals surface area contributed by atoms with Crippen molar-refractivity contribution in [2.45, 2.75) is 167 Å². The number of carbonyl (C=O) groups is 3. The number of carboxylic acid groups (broad SMARTS) is 1. The first-order valence-corrected chi connectivity index (χ1v) is 21.2. The van der Waals surface area contributed by atoms with E-state index in [1.165, 1.54) is 32.1 Å². The highest BCUT2D eigenvalue weighted by Crippen LogP contribution is 2.43. The third kappa shape index (κ3) is 34.5. The lowest BCUT2D eigenvalue weighted by atomic mass is 10.1. The Hall–Kier alpha value is -2.56. The van der Waals surface area contributed by atoms with E-state index in [0.717, 1.165) is 83.5 Å². The Morgan fingerprint density at radius 3 is 1.60 bits per heavy atom. The van der Waals surface area contributed by atoms with Gasteiger partial charge in [0.1, 0.15) is 12.6 Å². The molecule has 52 heavy (non-hydrogen) atoms. The highest BCUT2D eigenvalue weighted by molar-refractivity contribution is 7.47. The highest BCUT2D eigenvalue weighted by Gasteiger charge is 2.28. The number of allylic oxidation sites excluding steroid dienone is 8. The normalized spacial score (nSPS) is 14.4. The van der Waals surface area contributed by atoms with Crippen LogP contribution >= 0.6 is 7.82 Å². The van der Waals surface area contributed by atoms with Crippen molar-refractivity contribution in [3.8, 4) is 0 Å². The monoisotopic (exact) mass is 755 g/mol. The van der Waals surface area contributed by atoms with Gasteiger partial charge in [-0.3, -0.25) is 23.4 Å². The molecule has 0 aromatic rings. The van der Waals surface area contributed by atoms with Crippen LogP contribution in [0.1, 0.15) is 155 Å². The second-order valence-electron chi connectivity index (χ2n) is 13.1. The fourth-order valence-electron chi connectivity index (χ4n) is 4.87. The maximum atomic E-state index is 12.6. The average Bonchev–Trinajstić information content (AvgIpc) is 3.12. The smallest absolute Gasteiger partial charge is 0.472 e. The van der Waals surface area contributed by atoms with Crippen LogP contribution in [0.15, 0.2) is 48.6 Å². The van der Waals surface area contributed by atoms with E-state index in [1.54, 1.807) is 0 Å². The predicted octanol–water partition coefficient (Wildman–Crippen LogP) is 9.83. The molecular formula is C40H70NO10P. The molecule has 0 aromatic heterocycles. The van der Waals surface area contributed by atoms with Gasteiger partial charge in [-0.05, 0) is 70.6 Å². The Labute approximate surface area is 314 Å². The van der Waals surface area contributed by atoms with Crippen LogP contribution in [0.25, 0.3) is 0 Å². The minimum Gasteiger partial charge on any atom is -0.480 e. The topological polar surface area (TPSA) is 172 Å². The summed E-state index contributed by atoms with van der Waals surface area (Å²) in [5, 5.41) is 8.86. The van der Waals surface area contributed by atoms with Crippen LogP contribution in [0.3, 0.4) is 0 Å². The number of phosphoric acid groups is 1. The minimum atomic E-state index is -4.72. The van der Waals surface area contributed by atoms with Gasteiger partial charge in [0.25, 0.3) is 0 Å². The van der Waals surface area contributed by atoms with Gasteiger partial charge < -0.3 is 25.2 Å². The number of hydrogen-bond acceptors (Lipinski definition) is 9. The molecule has 0 fully saturated rings. The van der Waals surface area contributed by atoms with E-state index in [4.69, 9.17) is 24.8 Å². The summed E-state index contributed by atoms with van der Waals surface area (Å²) in [6, 6.07) is -1.53. The fourth-order valence-corrected chi connectivity index (χ4v) is 5.65. The number of nitrogens with two attached hydrogens (primary N) is 1. The Morgan fingerprint density at radius 2 is 1.04 bits per heavy atom. The Bertz CT molecular complexity index is 1070. The van der Waals surface area contributed by atoms with E-state index in [9.17, 15) is 23.8 Å². The van der Waals surface area contributed by atoms with Crippen LogP contribution in [0.2, 0.25) is 0 Å². The molecule has 0 heterocycles. The number of hydrogen-bond donors (Lipinski definition) is 3. The van der Waals surface area contributed by atoms with Gasteiger partial charge in [-0.25, -0.2) is 4.57 Å². The molecule has 4 N–H and O–H groups in total. The summed E-state index contributed by atoms with van der Waals surface area (Å²) in [6.45, 7) is 2.68. The molecule has 300 valence electrons. The van der Waals surface area contributed by atoms with Crippen molar-refractivity contribution in [1.29, 1.82) is 0 Å². The van der Waals surface area contributed by atoms with E-state index in [2.05, 4.69) is 67.0 Å². The van der Waals surface area contributed by atoms with Crippen LogP contribution < -0.4 is 5.73 Å². The summed E-state index contributed by atoms with van der Waals surface area (Å²) >= 11 is 0. The van der Waals surface area contributed by atoms with Crippen molar-refractivity contribution in [2.75, 3.05) is 19.8 Å². The number of carboxylic acids is 1. The Balaban J connectivity index is 4.48. The van der Waals surface area contributed by atoms with E-state index in [-0.39, 0.29) is 19.4 Å². The Morgan fingerprint density at radius 1 is 0.596 bits per heavy atom. The first-order valence-electron chi connectivity index (χ1n) is 19.7. The zero-order valence-corrected chi connectivity index (χ0v) is 33.0. The number of aliphatic carboxylic acids is 1. The first-order chi connectivity index (χ1) is 25.1. The lowest BCUT2D eigenvalue weighted by molar-refractivity contribution is -0.161. The molecule has 0 saturated carbocycles. The molecule has 0 saturated heterocycles. The second kappa shape index (κ2) is 35.5. The molecular weight excluding hydrogens is 685 g/mol. The van der Waals surface area contributed by atoms with Gasteiger partial charge in [-0.15, -0.1) is 0 Å². The van der Waals surface area contributed by atoms with Crippen LogP contribution in [-0.2, 0) is 37.5 Å². The van der Waals surface area contributed by atoms with Crippen molar-refractivity contribution in [3.05, 3.63) is 48.6 Å². The van der Waals surface area contributed by atoms with Crippen LogP contribution in [-0.4, -0.2) is 59.9 Å². The van der Waals surface area contributed by atoms with Gasteiger partial charge >= 0.3 is 25.7 Å². The third-order valence-corrected chi connectivity index (χ3v) is 9.00. The number of ether oxygens (including phenoxy) is 2. The summed E-state index contributed by atoms with van der Waals surface area (Å²) < 4.78 is 32.5. The second-order valence-corrected chi connectivity index (χ2v) is 14.5. The molecule has 0 spiro atoms. The number of phosphoric ester groups is 1. The van der Waals surface area contributed by atoms with Crippen molar-refractivity contribution >= 4 is 25.7 Å². The van der Waals surface area contributed by atoms with Crippen molar-refractivity contribution < 1.29 is 47.5 Å². The zero-order valence-electron chi connectivity index (χ0n) is 32.1. The summed E-state index contributed by atoms with van der Waals surface area (Å²) in [5.74, 6) is -2.43. The average molecular weight is 756 g/mol. The first kappa shape index (κ1) is 49.4. The number of esters is 2. The molecule has 0 aliphatic rings. The summed E-state index contributed by atoms with van der Waals surface area (Å²) in [7, 11) is -4.72. The van der Waals surface area contributed by atoms with E-state index >= 15 is 0 Å². The van der Waals surface area contributed by atoms with E-state index in [0.29, 0.717) is 12.8 Å². The molecule has 0 rings (SSSR count). The van der Waals surface area contributed by atoms with Crippen LogP contribution in [0.5, 0.6) is 0 Å². The highest BCUT2D eigenvalue weighted by atomic mass is 31.2. The lowest BCUT2D eigenvalue weighted by Crippen LogP contribution is -2.34. The molecule has 0 bridgehead atoms. The zero-order chi connectivity index (χ0) is 38.5. The number of unbranched alkanes of at least 4 members (excludes halogenated alkanes) is 14. The molecule has 1 unspecified atom stereocenters. The van der Waals surface area contributed by atoms with E-state index < -0.39 is 51.1 Å². The lowest BCUT2D eigenvalue weighted by Gasteiger charge is -2.20. The quantitative estimate of drug-likeness (QED) is 0.0241. The number of rotatable bonds is 36. The standard InChI is InChI=1S/C40H70NO10P/c1-3-5-7-9-11-13-15-16-17-18-19-20-22-24-26-28-30-32-39(43)51-36(34-49-52(46,47)50-35-37(41)40(44)45)33-48-38(42)31-29-27-25-23-21-14-12-10-8-6-4-2/h10-13,16-17,19-20,36-37H,3-9,14-15,18,21-35,41H2,1-2H3,(H,44,45)(H,46,47)/t36-,37+/m1/s1. The summed E-state index contributed by atoms with van der Waals surface area (Å²) in [5.41, 5.74) is 5.31. The SMILES string of the molecule is CCCCC=CCCCCCCCC(=O)OC[C@H](COP(=O)(O)OC[C@H](N)C(=O)O)OC(=O)CCCCCCC=CCC=CCC=CCCCCC. The van der Waals surface area contributed by atoms with Gasteiger partial charge in [0.05, 0.1) is 13.2 Å². The maximum Gasteiger partial charge on any atom is 0.472 e. The Kier molecular flexibility index (Phi) is 33.7. The van der Waals surface area contributed by atoms with Crippen molar-refractivity contribution in [2.24, 2.45) is 5.73 Å². The molecule has 12 heteroatoms. The van der Waals surface area contributed by atoms with Gasteiger partial charge in [-0.2, -0.15) is 0 Å². The largest absolute Gasteiger partial charge is 0.480 e. The predicted molar refractivity (Wildman–Crippen MR) is 208 cm³/mol. The van der Waals surface area contributed by atoms with Crippen molar-refractivity contribution in [3.63, 3.8) is 0 Å². The van der Waals surface area contributed by atoms with Gasteiger partial charge in [0.2, 0.25) is 0 Å². The van der Waals surface area contributed by atoms with Crippen LogP contribution in [0.4, 0.5) is 0 Å². The molecule has 3 atom stereocenters. The van der Waals surface area contributed by atoms with Gasteiger partial charge in [0, 0.05) is 12.8 Å². The summed E-state index contributed by atoms with van der Waals surface area (Å²) in [4.78, 5) is 45.7. The molecule has 0 aliphatic heterocycles. The number of carbonyl (C=O) groups excluding carboxylic acids is 2. The molecule has 0 radical (unpaired) electrons. The molecule has 0 aliphatic carbocycles. The van der Waals surface area contributed by atoms with E-state index in [1.807, 2.05) is 0 Å². The van der Waals surface area contributed by atoms with Crippen molar-refractivity contribution in [1.82, 2.24) is 0 Å². The molecule has 11 nitrogen and oxygen atoms in total. The molecule has 0 amide bonds. The maximum absolute atomic E-state index is 12.6. The van der Waals surface area contributed by atoms with Gasteiger partial charge in [-0.1, -0.05) is 120 Å². The summed E-state index contributed by atoms with van der Waals surface area (Å²) in [6.07, 6.45) is 37.5. The molecule has 0 aromatic carbocycles. The minimum absolute atomic E-state index is 0.132. The third-order valence-electron chi connectivity index (χ3n) is 8.05. The van der Waals surface area contributed by atoms with Gasteiger partial charge in [0.15, 0.2) is 6.10 Å². The fraction of sp³-hybridized carbons (Fsp3) is 0.725.